The Hall–Kier alpha value is -0.660. The molecule has 130 valence electrons. The molecule has 0 aliphatic rings. The van der Waals surface area contributed by atoms with E-state index >= 15 is 0 Å². The first-order valence-corrected chi connectivity index (χ1v) is 8.74. The van der Waals surface area contributed by atoms with Gasteiger partial charge in [-0.05, 0) is 40.0 Å². The van der Waals surface area contributed by atoms with E-state index in [0.717, 1.165) is 12.8 Å². The van der Waals surface area contributed by atoms with Crippen LogP contribution in [-0.4, -0.2) is 41.5 Å². The van der Waals surface area contributed by atoms with Gasteiger partial charge >= 0.3 is 5.97 Å². The highest BCUT2D eigenvalue weighted by Gasteiger charge is 2.13. The first-order valence-electron chi connectivity index (χ1n) is 7.23. The van der Waals surface area contributed by atoms with E-state index in [-0.39, 0.29) is 18.2 Å². The monoisotopic (exact) mass is 328 g/mol. The zero-order chi connectivity index (χ0) is 17.6. The summed E-state index contributed by atoms with van der Waals surface area (Å²) in [5.74, 6) is -0.195. The zero-order valence-electron chi connectivity index (χ0n) is 14.3. The maximum absolute atomic E-state index is 10.2. The van der Waals surface area contributed by atoms with E-state index in [1.807, 2.05) is 20.8 Å². The normalized spacial score (nSPS) is 14.5. The number of hydrogen-bond acceptors (Lipinski definition) is 5. The fourth-order valence-corrected chi connectivity index (χ4v) is 0.999. The molecule has 0 rings (SSSR count). The van der Waals surface area contributed by atoms with Gasteiger partial charge in [0, 0.05) is 6.92 Å². The Bertz CT molecular complexity index is 337. The highest BCUT2D eigenvalue weighted by molar-refractivity contribution is 7.86. The van der Waals surface area contributed by atoms with Gasteiger partial charge in [-0.15, -0.1) is 0 Å². The molecule has 0 aliphatic carbocycles. The van der Waals surface area contributed by atoms with Crippen LogP contribution >= 0.6 is 0 Å². The predicted octanol–water partition coefficient (Wildman–Crippen LogP) is 2.80. The highest BCUT2D eigenvalue weighted by atomic mass is 32.2. The minimum Gasteiger partial charge on any atom is -0.463 e. The molecule has 21 heavy (non-hydrogen) atoms. The lowest BCUT2D eigenvalue weighted by molar-refractivity contribution is -0.145. The molecule has 0 aromatic carbocycles. The molecule has 0 aromatic rings. The van der Waals surface area contributed by atoms with Crippen LogP contribution in [0.2, 0.25) is 0 Å². The summed E-state index contributed by atoms with van der Waals surface area (Å²) in [7, 11) is -3.75. The molecule has 0 heterocycles. The third kappa shape index (κ3) is 24.7. The van der Waals surface area contributed by atoms with Gasteiger partial charge in [-0.25, -0.2) is 0 Å². The number of ether oxygens (including phenoxy) is 1. The van der Waals surface area contributed by atoms with E-state index in [2.05, 4.69) is 0 Å². The molecule has 2 N–H and O–H groups in total. The molecule has 0 spiro atoms. The van der Waals surface area contributed by atoms with Crippen LogP contribution in [0, 0.1) is 0 Å². The van der Waals surface area contributed by atoms with E-state index in [1.54, 1.807) is 13.8 Å². The van der Waals surface area contributed by atoms with Crippen molar-refractivity contribution in [2.45, 2.75) is 85.2 Å². The van der Waals surface area contributed by atoms with Crippen LogP contribution in [-0.2, 0) is 19.6 Å². The van der Waals surface area contributed by atoms with Gasteiger partial charge in [0.15, 0.2) is 0 Å². The molecule has 0 saturated carbocycles. The van der Waals surface area contributed by atoms with E-state index < -0.39 is 15.4 Å². The fourth-order valence-electron chi connectivity index (χ4n) is 0.577. The average molecular weight is 328 g/mol. The Morgan fingerprint density at radius 3 is 1.48 bits per heavy atom. The van der Waals surface area contributed by atoms with E-state index in [9.17, 15) is 13.2 Å². The summed E-state index contributed by atoms with van der Waals surface area (Å²) in [6.45, 7) is 12.2. The van der Waals surface area contributed by atoms with Crippen molar-refractivity contribution in [2.24, 2.45) is 0 Å². The van der Waals surface area contributed by atoms with Crippen molar-refractivity contribution in [2.75, 3.05) is 0 Å². The molecule has 3 unspecified atom stereocenters. The Morgan fingerprint density at radius 1 is 1.05 bits per heavy atom. The summed E-state index contributed by atoms with van der Waals surface area (Å²) in [6, 6.07) is 0. The number of rotatable bonds is 5. The molecule has 0 aliphatic heterocycles. The molecular weight excluding hydrogens is 296 g/mol. The summed E-state index contributed by atoms with van der Waals surface area (Å²) in [6.07, 6.45) is 2.17. The van der Waals surface area contributed by atoms with Crippen LogP contribution in [0.25, 0.3) is 0 Å². The van der Waals surface area contributed by atoms with Crippen LogP contribution in [0.4, 0.5) is 0 Å². The Balaban J connectivity index is -0.000000239. The lowest BCUT2D eigenvalue weighted by atomic mass is 10.3. The minimum atomic E-state index is -3.75. The second kappa shape index (κ2) is 14.3. The lowest BCUT2D eigenvalue weighted by Gasteiger charge is -2.06. The quantitative estimate of drug-likeness (QED) is 0.594. The van der Waals surface area contributed by atoms with Crippen LogP contribution in [0.3, 0.4) is 0 Å². The number of aliphatic hydroxyl groups excluding tert-OH is 1. The van der Waals surface area contributed by atoms with Crippen molar-refractivity contribution < 1.29 is 27.6 Å². The summed E-state index contributed by atoms with van der Waals surface area (Å²) in [5, 5.41) is 7.74. The van der Waals surface area contributed by atoms with Crippen LogP contribution in [0.15, 0.2) is 0 Å². The van der Waals surface area contributed by atoms with Crippen molar-refractivity contribution in [1.29, 1.82) is 0 Å². The average Bonchev–Trinajstić information content (AvgIpc) is 2.37. The van der Waals surface area contributed by atoms with Crippen molar-refractivity contribution in [3.05, 3.63) is 0 Å². The Labute approximate surface area is 129 Å². The molecule has 0 fully saturated rings. The van der Waals surface area contributed by atoms with Crippen molar-refractivity contribution in [3.8, 4) is 0 Å². The Kier molecular flexibility index (Phi) is 17.2. The molecule has 0 amide bonds. The summed E-state index contributed by atoms with van der Waals surface area (Å²) < 4.78 is 33.3. The maximum Gasteiger partial charge on any atom is 0.302 e. The molecular formula is C14H32O6S. The van der Waals surface area contributed by atoms with Gasteiger partial charge in [0.1, 0.15) is 0 Å². The summed E-state index contributed by atoms with van der Waals surface area (Å²) in [4.78, 5) is 10.2. The van der Waals surface area contributed by atoms with E-state index in [1.165, 1.54) is 13.8 Å². The third-order valence-corrected chi connectivity index (χ3v) is 3.97. The predicted molar refractivity (Wildman–Crippen MR) is 84.8 cm³/mol. The van der Waals surface area contributed by atoms with Gasteiger partial charge in [-0.2, -0.15) is 8.42 Å². The van der Waals surface area contributed by atoms with Gasteiger partial charge in [-0.3, -0.25) is 9.35 Å². The zero-order valence-corrected chi connectivity index (χ0v) is 15.1. The summed E-state index contributed by atoms with van der Waals surface area (Å²) in [5.41, 5.74) is 0. The molecule has 0 saturated heterocycles. The number of carbonyl (C=O) groups is 1. The maximum atomic E-state index is 10.2. The lowest BCUT2D eigenvalue weighted by Crippen LogP contribution is -2.14. The van der Waals surface area contributed by atoms with Crippen LogP contribution in [0.1, 0.15) is 67.7 Å². The highest BCUT2D eigenvalue weighted by Crippen LogP contribution is 2.00. The summed E-state index contributed by atoms with van der Waals surface area (Å²) >= 11 is 0. The molecule has 3 atom stereocenters. The van der Waals surface area contributed by atoms with Crippen molar-refractivity contribution in [3.63, 3.8) is 0 Å². The minimum absolute atomic E-state index is 0.0764. The molecule has 0 bridgehead atoms. The molecule has 6 nitrogen and oxygen atoms in total. The van der Waals surface area contributed by atoms with Gasteiger partial charge in [0.05, 0.1) is 17.5 Å². The van der Waals surface area contributed by atoms with Crippen molar-refractivity contribution in [1.82, 2.24) is 0 Å². The topological polar surface area (TPSA) is 101 Å². The second-order valence-electron chi connectivity index (χ2n) is 4.82. The first-order chi connectivity index (χ1) is 9.42. The van der Waals surface area contributed by atoms with Gasteiger partial charge in [0.25, 0.3) is 10.1 Å². The molecule has 7 heteroatoms. The molecule has 0 radical (unpaired) electrons. The van der Waals surface area contributed by atoms with E-state index in [4.69, 9.17) is 14.4 Å². The largest absolute Gasteiger partial charge is 0.463 e. The van der Waals surface area contributed by atoms with Crippen molar-refractivity contribution >= 4 is 16.1 Å². The second-order valence-corrected chi connectivity index (χ2v) is 6.65. The standard InChI is InChI=1S/C6H12O2.C4H10O3S.C4H10O/c1-4-5(2)8-6(3)7;1-3-4(2)8(5,6)7;1-3-4(2)5/h5H,4H2,1-3H3;4H,3H2,1-2H3,(H,5,6,7);4-5H,3H2,1-2H3. The number of carbonyl (C=O) groups excluding carboxylic acids is 1. The third-order valence-electron chi connectivity index (χ3n) is 2.62. The van der Waals surface area contributed by atoms with Gasteiger partial charge in [-0.1, -0.05) is 20.8 Å². The van der Waals surface area contributed by atoms with Crippen LogP contribution < -0.4 is 0 Å². The van der Waals surface area contributed by atoms with Gasteiger partial charge in [0.2, 0.25) is 0 Å². The Morgan fingerprint density at radius 2 is 1.43 bits per heavy atom. The van der Waals surface area contributed by atoms with Crippen LogP contribution in [0.5, 0.6) is 0 Å². The van der Waals surface area contributed by atoms with E-state index in [0.29, 0.717) is 6.42 Å². The number of hydrogen-bond donors (Lipinski definition) is 2. The SMILES string of the molecule is CCC(C)O.CCC(C)OC(C)=O.CCC(C)S(=O)(=O)O. The first kappa shape index (κ1) is 25.3. The number of aliphatic hydroxyl groups is 1. The van der Waals surface area contributed by atoms with Gasteiger partial charge < -0.3 is 9.84 Å². The fraction of sp³-hybridized carbons (Fsp3) is 0.929. The molecule has 0 aromatic heterocycles. The number of esters is 1. The smallest absolute Gasteiger partial charge is 0.302 e.